The number of ether oxygens (including phenoxy) is 2. The van der Waals surface area contributed by atoms with E-state index >= 15 is 0 Å². The molecule has 212 valence electrons. The summed E-state index contributed by atoms with van der Waals surface area (Å²) in [5.74, 6) is -6.30. The maximum atomic E-state index is 12.9. The number of alkyl halides is 6. The first-order valence-electron chi connectivity index (χ1n) is 10.8. The highest BCUT2D eigenvalue weighted by molar-refractivity contribution is 8.14. The number of thioether (sulfide) groups is 1. The van der Waals surface area contributed by atoms with E-state index in [2.05, 4.69) is 25.0 Å². The van der Waals surface area contributed by atoms with Crippen LogP contribution in [0.2, 0.25) is 0 Å². The molecule has 1 aliphatic heterocycles. The van der Waals surface area contributed by atoms with Gasteiger partial charge in [-0.2, -0.15) is 31.1 Å². The number of carbonyl (C=O) groups is 4. The molecule has 2 unspecified atom stereocenters. The Balaban J connectivity index is 2.40. The van der Waals surface area contributed by atoms with Crippen molar-refractivity contribution in [2.45, 2.75) is 63.5 Å². The third kappa shape index (κ3) is 9.26. The van der Waals surface area contributed by atoms with Gasteiger partial charge in [-0.1, -0.05) is 16.8 Å². The van der Waals surface area contributed by atoms with Crippen LogP contribution in [0.4, 0.5) is 26.3 Å². The van der Waals surface area contributed by atoms with Crippen LogP contribution in [0.15, 0.2) is 5.57 Å². The predicted molar refractivity (Wildman–Crippen MR) is 113 cm³/mol. The Morgan fingerprint density at radius 3 is 2.34 bits per heavy atom. The van der Waals surface area contributed by atoms with Gasteiger partial charge in [-0.3, -0.25) is 9.59 Å². The van der Waals surface area contributed by atoms with E-state index in [4.69, 9.17) is 4.74 Å². The van der Waals surface area contributed by atoms with Crippen LogP contribution in [-0.4, -0.2) is 85.3 Å². The maximum Gasteiger partial charge on any atom is 0.492 e. The van der Waals surface area contributed by atoms with Crippen LogP contribution in [0.5, 0.6) is 0 Å². The number of rotatable bonds is 9. The lowest BCUT2D eigenvalue weighted by Gasteiger charge is -2.38. The van der Waals surface area contributed by atoms with Crippen molar-refractivity contribution in [1.29, 1.82) is 0 Å². The quantitative estimate of drug-likeness (QED) is 0.314. The number of esters is 2. The zero-order valence-electron chi connectivity index (χ0n) is 19.7. The van der Waals surface area contributed by atoms with Gasteiger partial charge in [0.05, 0.1) is 13.2 Å². The van der Waals surface area contributed by atoms with E-state index in [0.717, 1.165) is 17.8 Å². The molecule has 38 heavy (non-hydrogen) atoms. The minimum Gasteiger partial charge on any atom is -0.466 e. The minimum atomic E-state index is -5.55. The van der Waals surface area contributed by atoms with Crippen molar-refractivity contribution in [2.75, 3.05) is 13.2 Å². The molecule has 1 aromatic heterocycles. The molecule has 0 saturated carbocycles. The smallest absolute Gasteiger partial charge is 0.466 e. The molecule has 0 radical (unpaired) electrons. The van der Waals surface area contributed by atoms with E-state index in [9.17, 15) is 45.5 Å². The molecule has 0 aromatic carbocycles. The Labute approximate surface area is 214 Å². The predicted octanol–water partition coefficient (Wildman–Crippen LogP) is 2.21. The fourth-order valence-corrected chi connectivity index (χ4v) is 3.99. The lowest BCUT2D eigenvalue weighted by molar-refractivity contribution is -0.274. The number of piperidine rings is 1. The van der Waals surface area contributed by atoms with Crippen LogP contribution in [0.25, 0.3) is 6.08 Å². The van der Waals surface area contributed by atoms with Gasteiger partial charge < -0.3 is 14.3 Å². The number of hydroxylamine groups is 2. The van der Waals surface area contributed by atoms with Crippen molar-refractivity contribution >= 4 is 40.9 Å². The number of tetrazole rings is 1. The topological polar surface area (TPSA) is 143 Å². The van der Waals surface area contributed by atoms with Crippen molar-refractivity contribution in [2.24, 2.45) is 0 Å². The molecule has 0 aliphatic carbocycles. The second kappa shape index (κ2) is 13.0. The molecule has 19 heteroatoms. The Bertz CT molecular complexity index is 1060. The van der Waals surface area contributed by atoms with E-state index in [-0.39, 0.29) is 48.9 Å². The van der Waals surface area contributed by atoms with Gasteiger partial charge in [-0.05, 0) is 31.1 Å². The van der Waals surface area contributed by atoms with Gasteiger partial charge in [-0.15, -0.1) is 10.2 Å². The van der Waals surface area contributed by atoms with Gasteiger partial charge in [0.1, 0.15) is 0 Å². The van der Waals surface area contributed by atoms with Crippen LogP contribution in [-0.2, 0) is 40.0 Å². The van der Waals surface area contributed by atoms with Crippen molar-refractivity contribution in [1.82, 2.24) is 25.3 Å². The molecule has 2 atom stereocenters. The highest BCUT2D eigenvalue weighted by atomic mass is 32.2. The number of carbonyl (C=O) groups excluding carboxylic acids is 4. The standard InChI is InChI=1S/C19H21F6N5O7S/c1-3-35-14(32)5-4-7-30-27-13(26-28-30)9-11-12(38-10(2)31)6-8-29(37-17(34)19(23,24)25)15(11)36-16(33)18(20,21)22/h9,12,15H,3-8H2,1-2H3/b11-9-. The summed E-state index contributed by atoms with van der Waals surface area (Å²) in [6, 6.07) is 0. The van der Waals surface area contributed by atoms with Crippen LogP contribution in [0.3, 0.4) is 0 Å². The average molecular weight is 577 g/mol. The summed E-state index contributed by atoms with van der Waals surface area (Å²) in [4.78, 5) is 51.3. The van der Waals surface area contributed by atoms with Crippen molar-refractivity contribution in [3.63, 3.8) is 0 Å². The Kier molecular flexibility index (Phi) is 10.6. The van der Waals surface area contributed by atoms with E-state index in [0.29, 0.717) is 11.8 Å². The lowest BCUT2D eigenvalue weighted by atomic mass is 10.0. The van der Waals surface area contributed by atoms with Gasteiger partial charge in [-0.25, -0.2) is 9.59 Å². The molecule has 1 aromatic rings. The number of aromatic nitrogens is 4. The van der Waals surface area contributed by atoms with Gasteiger partial charge in [0.25, 0.3) is 0 Å². The fourth-order valence-electron chi connectivity index (χ4n) is 3.05. The van der Waals surface area contributed by atoms with Gasteiger partial charge in [0, 0.05) is 30.7 Å². The first kappa shape index (κ1) is 31.0. The van der Waals surface area contributed by atoms with Gasteiger partial charge in [0.2, 0.25) is 6.23 Å². The highest BCUT2D eigenvalue weighted by Crippen LogP contribution is 2.36. The SMILES string of the molecule is CCOC(=O)CCCn1nnc(/C=C2/C(SC(C)=O)CCN(OC(=O)C(F)(F)F)C2OC(=O)C(F)(F)F)n1. The average Bonchev–Trinajstić information content (AvgIpc) is 3.23. The molecular formula is C19H21F6N5O7S. The minimum absolute atomic E-state index is 0.0259. The summed E-state index contributed by atoms with van der Waals surface area (Å²) in [6.07, 6.45) is -12.4. The van der Waals surface area contributed by atoms with Crippen molar-refractivity contribution < 1.29 is 59.8 Å². The molecule has 0 amide bonds. The van der Waals surface area contributed by atoms with Gasteiger partial charge >= 0.3 is 30.3 Å². The molecular weight excluding hydrogens is 556 g/mol. The summed E-state index contributed by atoms with van der Waals surface area (Å²) in [7, 11) is 0. The monoisotopic (exact) mass is 577 g/mol. The number of aryl methyl sites for hydroxylation is 1. The molecule has 1 aliphatic rings. The van der Waals surface area contributed by atoms with Crippen molar-refractivity contribution in [3.8, 4) is 0 Å². The third-order valence-corrected chi connectivity index (χ3v) is 5.65. The molecule has 2 rings (SSSR count). The van der Waals surface area contributed by atoms with Crippen molar-refractivity contribution in [3.05, 3.63) is 11.4 Å². The number of hydrogen-bond donors (Lipinski definition) is 0. The molecule has 0 spiro atoms. The maximum absolute atomic E-state index is 12.9. The lowest BCUT2D eigenvalue weighted by Crippen LogP contribution is -2.51. The van der Waals surface area contributed by atoms with E-state index in [1.165, 1.54) is 0 Å². The first-order valence-corrected chi connectivity index (χ1v) is 11.7. The number of halogens is 6. The molecule has 0 bridgehead atoms. The van der Waals surface area contributed by atoms with Crippen LogP contribution >= 0.6 is 11.8 Å². The third-order valence-electron chi connectivity index (χ3n) is 4.53. The molecule has 0 N–H and O–H groups in total. The zero-order valence-corrected chi connectivity index (χ0v) is 20.6. The first-order chi connectivity index (χ1) is 17.6. The Hall–Kier alpha value is -3.22. The summed E-state index contributed by atoms with van der Waals surface area (Å²) in [5, 5.41) is 9.91. The molecule has 2 heterocycles. The van der Waals surface area contributed by atoms with Crippen LogP contribution in [0.1, 0.15) is 38.9 Å². The molecule has 1 fully saturated rings. The Morgan fingerprint density at radius 1 is 1.11 bits per heavy atom. The summed E-state index contributed by atoms with van der Waals surface area (Å²) >= 11 is 0.593. The molecule has 1 saturated heterocycles. The summed E-state index contributed by atoms with van der Waals surface area (Å²) < 4.78 is 86.3. The Morgan fingerprint density at radius 2 is 1.76 bits per heavy atom. The van der Waals surface area contributed by atoms with E-state index in [1.54, 1.807) is 6.92 Å². The molecule has 12 nitrogen and oxygen atoms in total. The second-order valence-corrected chi connectivity index (χ2v) is 8.84. The summed E-state index contributed by atoms with van der Waals surface area (Å²) in [5.41, 5.74) is -0.366. The fraction of sp³-hybridized carbons (Fsp3) is 0.632. The highest BCUT2D eigenvalue weighted by Gasteiger charge is 2.49. The number of nitrogens with zero attached hydrogens (tertiary/aromatic N) is 5. The van der Waals surface area contributed by atoms with Gasteiger partial charge in [0.15, 0.2) is 10.9 Å². The summed E-state index contributed by atoms with van der Waals surface area (Å²) in [6.45, 7) is 2.40. The van der Waals surface area contributed by atoms with Crippen LogP contribution in [0, 0.1) is 0 Å². The normalized spacial score (nSPS) is 19.7. The number of hydrogen-bond acceptors (Lipinski definition) is 12. The van der Waals surface area contributed by atoms with E-state index < -0.39 is 53.4 Å². The second-order valence-electron chi connectivity index (χ2n) is 7.46. The van der Waals surface area contributed by atoms with Crippen LogP contribution < -0.4 is 0 Å². The largest absolute Gasteiger partial charge is 0.492 e. The van der Waals surface area contributed by atoms with E-state index in [1.807, 2.05) is 0 Å². The zero-order chi connectivity index (χ0) is 28.7.